The van der Waals surface area contributed by atoms with Crippen LogP contribution in [0.2, 0.25) is 0 Å². The number of rotatable bonds is 4. The fourth-order valence-electron chi connectivity index (χ4n) is 3.24. The lowest BCUT2D eigenvalue weighted by Crippen LogP contribution is -2.41. The summed E-state index contributed by atoms with van der Waals surface area (Å²) in [7, 11) is -0.439. The van der Waals surface area contributed by atoms with Gasteiger partial charge in [-0.25, -0.2) is 4.39 Å². The highest BCUT2D eigenvalue weighted by Crippen LogP contribution is 2.36. The molecular weight excluding hydrogens is 292 g/mol. The third kappa shape index (κ3) is 3.47. The molecule has 5 heteroatoms. The Bertz CT molecular complexity index is 554. The highest BCUT2D eigenvalue weighted by atomic mass is 19.1. The molecule has 1 saturated heterocycles. The highest BCUT2D eigenvalue weighted by Gasteiger charge is 2.51. The van der Waals surface area contributed by atoms with Crippen LogP contribution in [0.4, 0.5) is 4.39 Å². The average molecular weight is 319 g/mol. The largest absolute Gasteiger partial charge is 0.494 e. The van der Waals surface area contributed by atoms with Crippen molar-refractivity contribution in [3.63, 3.8) is 0 Å². The first-order valence-corrected chi connectivity index (χ1v) is 8.66. The van der Waals surface area contributed by atoms with E-state index in [1.807, 2.05) is 33.8 Å². The summed E-state index contributed by atoms with van der Waals surface area (Å²) in [5.41, 5.74) is 0.806. The molecule has 1 aliphatic carbocycles. The average Bonchev–Trinajstić information content (AvgIpc) is 3.05. The van der Waals surface area contributed by atoms with Gasteiger partial charge in [-0.3, -0.25) is 0 Å². The van der Waals surface area contributed by atoms with Gasteiger partial charge in [-0.2, -0.15) is 0 Å². The summed E-state index contributed by atoms with van der Waals surface area (Å²) in [4.78, 5) is 0. The van der Waals surface area contributed by atoms with Gasteiger partial charge in [-0.1, -0.05) is 25.0 Å². The molecule has 1 heterocycles. The van der Waals surface area contributed by atoms with Crippen molar-refractivity contribution < 1.29 is 13.7 Å². The molecule has 23 heavy (non-hydrogen) atoms. The summed E-state index contributed by atoms with van der Waals surface area (Å²) in [5, 5.41) is 3.47. The Morgan fingerprint density at radius 1 is 1.13 bits per heavy atom. The fourth-order valence-corrected chi connectivity index (χ4v) is 3.24. The Morgan fingerprint density at radius 3 is 2.35 bits per heavy atom. The predicted octanol–water partition coefficient (Wildman–Crippen LogP) is 3.16. The van der Waals surface area contributed by atoms with E-state index < -0.39 is 7.12 Å². The first-order chi connectivity index (χ1) is 10.8. The van der Waals surface area contributed by atoms with E-state index in [1.165, 1.54) is 31.7 Å². The van der Waals surface area contributed by atoms with Crippen LogP contribution in [-0.4, -0.2) is 24.4 Å². The van der Waals surface area contributed by atoms with Gasteiger partial charge in [0, 0.05) is 18.2 Å². The molecule has 1 aromatic carbocycles. The topological polar surface area (TPSA) is 30.5 Å². The van der Waals surface area contributed by atoms with E-state index in [1.54, 1.807) is 6.07 Å². The van der Waals surface area contributed by atoms with Gasteiger partial charge in [0.1, 0.15) is 5.82 Å². The van der Waals surface area contributed by atoms with Crippen LogP contribution in [0.3, 0.4) is 0 Å². The van der Waals surface area contributed by atoms with Gasteiger partial charge in [-0.15, -0.1) is 0 Å². The predicted molar refractivity (Wildman–Crippen MR) is 91.2 cm³/mol. The molecule has 0 aromatic heterocycles. The molecule has 0 amide bonds. The lowest BCUT2D eigenvalue weighted by atomic mass is 9.78. The molecule has 1 aromatic rings. The maximum absolute atomic E-state index is 14.1. The summed E-state index contributed by atoms with van der Waals surface area (Å²) in [6, 6.07) is 5.68. The molecule has 0 spiro atoms. The fraction of sp³-hybridized carbons (Fsp3) is 0.667. The second kappa shape index (κ2) is 6.19. The summed E-state index contributed by atoms with van der Waals surface area (Å²) >= 11 is 0. The Kier molecular flexibility index (Phi) is 4.56. The molecule has 1 saturated carbocycles. The van der Waals surface area contributed by atoms with Crippen LogP contribution >= 0.6 is 0 Å². The molecule has 3 nitrogen and oxygen atoms in total. The molecule has 0 bridgehead atoms. The van der Waals surface area contributed by atoms with Gasteiger partial charge in [0.25, 0.3) is 0 Å². The van der Waals surface area contributed by atoms with Gasteiger partial charge in [0.2, 0.25) is 0 Å². The second-order valence-electron chi connectivity index (χ2n) is 7.80. The maximum Gasteiger partial charge on any atom is 0.494 e. The van der Waals surface area contributed by atoms with Crippen molar-refractivity contribution >= 4 is 12.6 Å². The van der Waals surface area contributed by atoms with E-state index in [-0.39, 0.29) is 17.0 Å². The first kappa shape index (κ1) is 16.9. The minimum Gasteiger partial charge on any atom is -0.399 e. The standard InChI is InChI=1S/C18H27BFNO2/c1-17(2)18(3,4)23-19(22-17)14-9-10-16(20)13(11-14)12-21-15-7-5-6-8-15/h9-11,15,21H,5-8,12H2,1-4H3. The van der Waals surface area contributed by atoms with Crippen LogP contribution in [0.15, 0.2) is 18.2 Å². The minimum atomic E-state index is -0.439. The maximum atomic E-state index is 14.1. The molecule has 3 rings (SSSR count). The van der Waals surface area contributed by atoms with E-state index in [4.69, 9.17) is 9.31 Å². The minimum absolute atomic E-state index is 0.171. The Balaban J connectivity index is 1.72. The Hall–Kier alpha value is -0.905. The smallest absolute Gasteiger partial charge is 0.399 e. The molecular formula is C18H27BFNO2. The van der Waals surface area contributed by atoms with Crippen LogP contribution in [0, 0.1) is 5.82 Å². The zero-order valence-corrected chi connectivity index (χ0v) is 14.6. The zero-order chi connectivity index (χ0) is 16.7. The van der Waals surface area contributed by atoms with Crippen molar-refractivity contribution in [1.29, 1.82) is 0 Å². The Morgan fingerprint density at radius 2 is 1.74 bits per heavy atom. The van der Waals surface area contributed by atoms with E-state index in [2.05, 4.69) is 5.32 Å². The van der Waals surface area contributed by atoms with Crippen LogP contribution in [0.5, 0.6) is 0 Å². The lowest BCUT2D eigenvalue weighted by molar-refractivity contribution is 0.00578. The van der Waals surface area contributed by atoms with E-state index in [0.717, 1.165) is 5.46 Å². The van der Waals surface area contributed by atoms with Gasteiger partial charge < -0.3 is 14.6 Å². The second-order valence-corrected chi connectivity index (χ2v) is 7.80. The van der Waals surface area contributed by atoms with Gasteiger partial charge >= 0.3 is 7.12 Å². The number of hydrogen-bond acceptors (Lipinski definition) is 3. The van der Waals surface area contributed by atoms with Crippen molar-refractivity contribution in [3.05, 3.63) is 29.6 Å². The molecule has 126 valence electrons. The number of nitrogens with one attached hydrogen (secondary N) is 1. The number of halogens is 1. The van der Waals surface area contributed by atoms with Crippen molar-refractivity contribution in [2.75, 3.05) is 0 Å². The normalized spacial score (nSPS) is 23.6. The summed E-state index contributed by atoms with van der Waals surface area (Å²) in [6.07, 6.45) is 4.93. The summed E-state index contributed by atoms with van der Waals surface area (Å²) < 4.78 is 26.2. The van der Waals surface area contributed by atoms with Gasteiger partial charge in [0.05, 0.1) is 11.2 Å². The van der Waals surface area contributed by atoms with Gasteiger partial charge in [-0.05, 0) is 52.1 Å². The van der Waals surface area contributed by atoms with Crippen LogP contribution < -0.4 is 10.8 Å². The van der Waals surface area contributed by atoms with Crippen molar-refractivity contribution in [2.45, 2.75) is 77.2 Å². The van der Waals surface area contributed by atoms with E-state index >= 15 is 0 Å². The summed E-state index contributed by atoms with van der Waals surface area (Å²) in [6.45, 7) is 8.67. The zero-order valence-electron chi connectivity index (χ0n) is 14.6. The van der Waals surface area contributed by atoms with Crippen molar-refractivity contribution in [3.8, 4) is 0 Å². The third-order valence-corrected chi connectivity index (χ3v) is 5.53. The summed E-state index contributed by atoms with van der Waals surface area (Å²) in [5.74, 6) is -0.171. The molecule has 1 N–H and O–H groups in total. The first-order valence-electron chi connectivity index (χ1n) is 8.66. The number of benzene rings is 1. The Labute approximate surface area is 139 Å². The molecule has 0 radical (unpaired) electrons. The lowest BCUT2D eigenvalue weighted by Gasteiger charge is -2.32. The monoisotopic (exact) mass is 319 g/mol. The van der Waals surface area contributed by atoms with Crippen LogP contribution in [0.1, 0.15) is 58.9 Å². The quantitative estimate of drug-likeness (QED) is 0.865. The van der Waals surface area contributed by atoms with E-state index in [9.17, 15) is 4.39 Å². The molecule has 2 aliphatic rings. The van der Waals surface area contributed by atoms with Gasteiger partial charge in [0.15, 0.2) is 0 Å². The highest BCUT2D eigenvalue weighted by molar-refractivity contribution is 6.62. The third-order valence-electron chi connectivity index (χ3n) is 5.53. The molecule has 0 unspecified atom stereocenters. The SMILES string of the molecule is CC1(C)OB(c2ccc(F)c(CNC3CCCC3)c2)OC1(C)C. The molecule has 2 fully saturated rings. The van der Waals surface area contributed by atoms with Crippen LogP contribution in [-0.2, 0) is 15.9 Å². The van der Waals surface area contributed by atoms with Crippen LogP contribution in [0.25, 0.3) is 0 Å². The van der Waals surface area contributed by atoms with Crippen molar-refractivity contribution in [1.82, 2.24) is 5.32 Å². The molecule has 1 aliphatic heterocycles. The van der Waals surface area contributed by atoms with Crippen molar-refractivity contribution in [2.24, 2.45) is 0 Å². The van der Waals surface area contributed by atoms with E-state index in [0.29, 0.717) is 18.2 Å². The number of hydrogen-bond donors (Lipinski definition) is 1. The molecule has 0 atom stereocenters.